The van der Waals surface area contributed by atoms with Crippen LogP contribution < -0.4 is 4.72 Å². The number of aryl methyl sites for hydroxylation is 1. The van der Waals surface area contributed by atoms with Crippen LogP contribution in [0.1, 0.15) is 24.2 Å². The highest BCUT2D eigenvalue weighted by molar-refractivity contribution is 7.99. The Morgan fingerprint density at radius 1 is 1.52 bits per heavy atom. The number of hydrogen-bond acceptors (Lipinski definition) is 5. The molecular formula is C12H19N3O4S2. The number of aliphatic carboxylic acids is 1. The summed E-state index contributed by atoms with van der Waals surface area (Å²) in [5, 5.41) is 12.8. The number of thioether (sulfide) groups is 1. The molecule has 1 aromatic heterocycles. The number of nitrogens with zero attached hydrogens (tertiary/aromatic N) is 2. The fraction of sp³-hybridized carbons (Fsp3) is 0.667. The number of nitrogens with one attached hydrogen (secondary N) is 1. The molecule has 0 aromatic carbocycles. The normalized spacial score (nSPS) is 19.6. The van der Waals surface area contributed by atoms with Crippen LogP contribution in [0.4, 0.5) is 0 Å². The average Bonchev–Trinajstić information content (AvgIpc) is 2.64. The topological polar surface area (TPSA) is 101 Å². The Balaban J connectivity index is 2.26. The fourth-order valence-corrected chi connectivity index (χ4v) is 5.32. The molecule has 1 unspecified atom stereocenters. The van der Waals surface area contributed by atoms with Crippen molar-refractivity contribution in [3.8, 4) is 0 Å². The summed E-state index contributed by atoms with van der Waals surface area (Å²) in [6, 6.07) is -0.0737. The average molecular weight is 333 g/mol. The summed E-state index contributed by atoms with van der Waals surface area (Å²) >= 11 is 1.74. The summed E-state index contributed by atoms with van der Waals surface area (Å²) in [7, 11) is -3.68. The lowest BCUT2D eigenvalue weighted by molar-refractivity contribution is -0.137. The second kappa shape index (κ2) is 6.37. The van der Waals surface area contributed by atoms with Crippen LogP contribution in [0.2, 0.25) is 0 Å². The van der Waals surface area contributed by atoms with Gasteiger partial charge < -0.3 is 5.11 Å². The van der Waals surface area contributed by atoms with Gasteiger partial charge in [-0.3, -0.25) is 9.48 Å². The molecule has 0 saturated carbocycles. The predicted molar refractivity (Wildman–Crippen MR) is 80.0 cm³/mol. The summed E-state index contributed by atoms with van der Waals surface area (Å²) in [5.74, 6) is 0.772. The molecule has 0 aliphatic carbocycles. The highest BCUT2D eigenvalue weighted by Crippen LogP contribution is 2.23. The first-order valence-corrected chi connectivity index (χ1v) is 9.31. The van der Waals surface area contributed by atoms with E-state index in [2.05, 4.69) is 9.82 Å². The van der Waals surface area contributed by atoms with Crippen LogP contribution in [0.5, 0.6) is 0 Å². The van der Waals surface area contributed by atoms with Crippen molar-refractivity contribution in [2.45, 2.75) is 44.2 Å². The van der Waals surface area contributed by atoms with Gasteiger partial charge in [-0.2, -0.15) is 16.9 Å². The molecule has 1 aliphatic rings. The molecule has 21 heavy (non-hydrogen) atoms. The summed E-state index contributed by atoms with van der Waals surface area (Å²) in [5.41, 5.74) is 0.676. The van der Waals surface area contributed by atoms with Gasteiger partial charge in [0.2, 0.25) is 10.0 Å². The van der Waals surface area contributed by atoms with Gasteiger partial charge in [0.15, 0.2) is 0 Å². The van der Waals surface area contributed by atoms with Gasteiger partial charge in [-0.1, -0.05) is 0 Å². The summed E-state index contributed by atoms with van der Waals surface area (Å²) < 4.78 is 29.0. The standard InChI is InChI=1S/C12H19N3O4S2/c1-8-12(9(2)15(13-8)6-11(16)17)21(18,19)14-10-4-3-5-20-7-10/h10,14H,3-7H2,1-2H3,(H,16,17). The third-order valence-corrected chi connectivity index (χ3v) is 6.34. The lowest BCUT2D eigenvalue weighted by Gasteiger charge is -2.22. The lowest BCUT2D eigenvalue weighted by atomic mass is 10.2. The second-order valence-electron chi connectivity index (χ2n) is 5.09. The largest absolute Gasteiger partial charge is 0.480 e. The zero-order valence-electron chi connectivity index (χ0n) is 12.0. The molecule has 0 spiro atoms. The minimum atomic E-state index is -3.68. The van der Waals surface area contributed by atoms with Crippen LogP contribution in [-0.4, -0.2) is 46.8 Å². The minimum Gasteiger partial charge on any atom is -0.480 e. The molecule has 118 valence electrons. The van der Waals surface area contributed by atoms with Gasteiger partial charge in [0.1, 0.15) is 11.4 Å². The van der Waals surface area contributed by atoms with Gasteiger partial charge in [0, 0.05) is 11.8 Å². The molecule has 2 heterocycles. The van der Waals surface area contributed by atoms with Gasteiger partial charge in [-0.25, -0.2) is 13.1 Å². The Bertz CT molecular complexity index is 633. The Hall–Kier alpha value is -1.06. The van der Waals surface area contributed by atoms with Crippen molar-refractivity contribution in [3.05, 3.63) is 11.4 Å². The molecule has 1 fully saturated rings. The van der Waals surface area contributed by atoms with E-state index in [1.54, 1.807) is 25.6 Å². The van der Waals surface area contributed by atoms with E-state index < -0.39 is 16.0 Å². The van der Waals surface area contributed by atoms with Crippen molar-refractivity contribution < 1.29 is 18.3 Å². The number of aromatic nitrogens is 2. The van der Waals surface area contributed by atoms with E-state index in [9.17, 15) is 13.2 Å². The summed E-state index contributed by atoms with van der Waals surface area (Å²) in [6.07, 6.45) is 1.82. The number of carboxylic acid groups (broad SMARTS) is 1. The van der Waals surface area contributed by atoms with Crippen molar-refractivity contribution in [1.29, 1.82) is 0 Å². The third kappa shape index (κ3) is 3.78. The van der Waals surface area contributed by atoms with Crippen LogP contribution in [0, 0.1) is 13.8 Å². The van der Waals surface area contributed by atoms with E-state index in [4.69, 9.17) is 5.11 Å². The molecule has 0 amide bonds. The first kappa shape index (κ1) is 16.3. The molecule has 0 bridgehead atoms. The van der Waals surface area contributed by atoms with Gasteiger partial charge in [0.05, 0.1) is 11.4 Å². The highest BCUT2D eigenvalue weighted by atomic mass is 32.2. The Labute approximate surface area is 128 Å². The number of rotatable bonds is 5. The summed E-state index contributed by atoms with van der Waals surface area (Å²) in [4.78, 5) is 10.9. The molecule has 1 saturated heterocycles. The molecule has 7 nitrogen and oxygen atoms in total. The molecule has 1 aliphatic heterocycles. The van der Waals surface area contributed by atoms with Crippen molar-refractivity contribution in [2.75, 3.05) is 11.5 Å². The molecule has 0 radical (unpaired) electrons. The second-order valence-corrected chi connectivity index (χ2v) is 7.89. The van der Waals surface area contributed by atoms with Crippen LogP contribution in [0.3, 0.4) is 0 Å². The molecule has 1 atom stereocenters. The van der Waals surface area contributed by atoms with E-state index in [0.717, 1.165) is 24.3 Å². The third-order valence-electron chi connectivity index (χ3n) is 3.35. The van der Waals surface area contributed by atoms with Gasteiger partial charge in [-0.05, 0) is 32.4 Å². The SMILES string of the molecule is Cc1nn(CC(=O)O)c(C)c1S(=O)(=O)NC1CCCSC1. The van der Waals surface area contributed by atoms with E-state index in [1.165, 1.54) is 4.68 Å². The molecule has 9 heteroatoms. The van der Waals surface area contributed by atoms with Crippen molar-refractivity contribution in [2.24, 2.45) is 0 Å². The zero-order chi connectivity index (χ0) is 15.6. The van der Waals surface area contributed by atoms with E-state index in [0.29, 0.717) is 11.4 Å². The van der Waals surface area contributed by atoms with Gasteiger partial charge >= 0.3 is 5.97 Å². The number of carbonyl (C=O) groups is 1. The molecule has 1 aromatic rings. The van der Waals surface area contributed by atoms with Gasteiger partial charge in [0.25, 0.3) is 0 Å². The summed E-state index contributed by atoms with van der Waals surface area (Å²) in [6.45, 7) is 2.81. The number of hydrogen-bond donors (Lipinski definition) is 2. The van der Waals surface area contributed by atoms with E-state index in [-0.39, 0.29) is 17.5 Å². The van der Waals surface area contributed by atoms with Crippen LogP contribution in [-0.2, 0) is 21.4 Å². The van der Waals surface area contributed by atoms with E-state index in [1.807, 2.05) is 0 Å². The number of carboxylic acids is 1. The maximum Gasteiger partial charge on any atom is 0.325 e. The van der Waals surface area contributed by atoms with Crippen molar-refractivity contribution >= 4 is 27.8 Å². The van der Waals surface area contributed by atoms with E-state index >= 15 is 0 Å². The molecular weight excluding hydrogens is 314 g/mol. The lowest BCUT2D eigenvalue weighted by Crippen LogP contribution is -2.38. The van der Waals surface area contributed by atoms with Crippen molar-refractivity contribution in [1.82, 2.24) is 14.5 Å². The van der Waals surface area contributed by atoms with Gasteiger partial charge in [-0.15, -0.1) is 0 Å². The quantitative estimate of drug-likeness (QED) is 0.825. The van der Waals surface area contributed by atoms with Crippen molar-refractivity contribution in [3.63, 3.8) is 0 Å². The van der Waals surface area contributed by atoms with Crippen LogP contribution in [0.25, 0.3) is 0 Å². The van der Waals surface area contributed by atoms with Crippen LogP contribution in [0.15, 0.2) is 4.90 Å². The maximum atomic E-state index is 12.5. The maximum absolute atomic E-state index is 12.5. The number of sulfonamides is 1. The fourth-order valence-electron chi connectivity index (χ4n) is 2.46. The zero-order valence-corrected chi connectivity index (χ0v) is 13.6. The molecule has 2 rings (SSSR count). The smallest absolute Gasteiger partial charge is 0.325 e. The monoisotopic (exact) mass is 333 g/mol. The highest BCUT2D eigenvalue weighted by Gasteiger charge is 2.28. The van der Waals surface area contributed by atoms with Crippen LogP contribution >= 0.6 is 11.8 Å². The first-order chi connectivity index (χ1) is 9.81. The Kier molecular flexibility index (Phi) is 4.95. The Morgan fingerprint density at radius 2 is 2.24 bits per heavy atom. The minimum absolute atomic E-state index is 0.0737. The predicted octanol–water partition coefficient (Wildman–Crippen LogP) is 0.758. The Morgan fingerprint density at radius 3 is 2.81 bits per heavy atom. The first-order valence-electron chi connectivity index (χ1n) is 6.67. The molecule has 2 N–H and O–H groups in total.